The zero-order valence-corrected chi connectivity index (χ0v) is 12.5. The zero-order valence-electron chi connectivity index (χ0n) is 11.0. The molecule has 19 heavy (non-hydrogen) atoms. The monoisotopic (exact) mass is 303 g/mol. The molecule has 0 bridgehead atoms. The predicted octanol–water partition coefficient (Wildman–Crippen LogP) is 3.43. The first-order valence-electron chi connectivity index (χ1n) is 6.64. The van der Waals surface area contributed by atoms with Crippen LogP contribution in [0.15, 0.2) is 12.1 Å². The number of piperidine rings is 1. The van der Waals surface area contributed by atoms with E-state index in [1.807, 2.05) is 6.92 Å². The summed E-state index contributed by atoms with van der Waals surface area (Å²) in [6.45, 7) is 4.24. The molecule has 2 atom stereocenters. The summed E-state index contributed by atoms with van der Waals surface area (Å²) in [6, 6.07) is 3.40. The summed E-state index contributed by atoms with van der Waals surface area (Å²) < 4.78 is 5.39. The maximum atomic E-state index is 10.4. The maximum absolute atomic E-state index is 10.4. The third-order valence-electron chi connectivity index (χ3n) is 3.45. The van der Waals surface area contributed by atoms with Crippen LogP contribution in [-0.4, -0.2) is 24.8 Å². The summed E-state index contributed by atoms with van der Waals surface area (Å²) in [5, 5.41) is 14.7. The lowest BCUT2D eigenvalue weighted by atomic mass is 9.89. The molecule has 1 aliphatic rings. The van der Waals surface area contributed by atoms with E-state index in [-0.39, 0.29) is 5.92 Å². The van der Waals surface area contributed by atoms with Crippen molar-refractivity contribution >= 4 is 23.2 Å². The van der Waals surface area contributed by atoms with Gasteiger partial charge in [-0.3, -0.25) is 0 Å². The fourth-order valence-corrected chi connectivity index (χ4v) is 2.93. The van der Waals surface area contributed by atoms with Crippen LogP contribution in [0, 0.1) is 5.92 Å². The van der Waals surface area contributed by atoms with Gasteiger partial charge in [0.1, 0.15) is 5.75 Å². The number of nitrogens with one attached hydrogen (secondary N) is 1. The highest BCUT2D eigenvalue weighted by Gasteiger charge is 2.25. The molecular formula is C14H19Cl2NO2. The Morgan fingerprint density at radius 1 is 1.42 bits per heavy atom. The lowest BCUT2D eigenvalue weighted by Gasteiger charge is -2.28. The van der Waals surface area contributed by atoms with Crippen LogP contribution in [0.1, 0.15) is 31.4 Å². The van der Waals surface area contributed by atoms with E-state index in [0.29, 0.717) is 28.0 Å². The smallest absolute Gasteiger partial charge is 0.139 e. The Labute approximate surface area is 123 Å². The third-order valence-corrected chi connectivity index (χ3v) is 4.07. The largest absolute Gasteiger partial charge is 0.492 e. The molecule has 0 aromatic heterocycles. The van der Waals surface area contributed by atoms with Crippen molar-refractivity contribution in [2.24, 2.45) is 5.92 Å². The number of ether oxygens (including phenoxy) is 1. The minimum Gasteiger partial charge on any atom is -0.492 e. The van der Waals surface area contributed by atoms with Crippen LogP contribution < -0.4 is 10.1 Å². The molecule has 1 aliphatic heterocycles. The molecule has 1 aromatic carbocycles. The molecule has 0 amide bonds. The summed E-state index contributed by atoms with van der Waals surface area (Å²) in [5.41, 5.74) is 0.684. The highest BCUT2D eigenvalue weighted by atomic mass is 35.5. The van der Waals surface area contributed by atoms with Crippen LogP contribution >= 0.6 is 23.2 Å². The lowest BCUT2D eigenvalue weighted by Crippen LogP contribution is -2.33. The molecule has 0 spiro atoms. The Kier molecular flexibility index (Phi) is 5.34. The first kappa shape index (κ1) is 14.9. The van der Waals surface area contributed by atoms with Gasteiger partial charge in [-0.15, -0.1) is 0 Å². The number of hydrogen-bond donors (Lipinski definition) is 2. The summed E-state index contributed by atoms with van der Waals surface area (Å²) in [4.78, 5) is 0. The minimum absolute atomic E-state index is 0.181. The quantitative estimate of drug-likeness (QED) is 0.895. The number of benzene rings is 1. The summed E-state index contributed by atoms with van der Waals surface area (Å²) in [5.74, 6) is 0.743. The summed E-state index contributed by atoms with van der Waals surface area (Å²) >= 11 is 12.4. The van der Waals surface area contributed by atoms with Gasteiger partial charge in [0.25, 0.3) is 0 Å². The van der Waals surface area contributed by atoms with E-state index in [1.165, 1.54) is 0 Å². The topological polar surface area (TPSA) is 41.5 Å². The Morgan fingerprint density at radius 3 is 2.84 bits per heavy atom. The number of aliphatic hydroxyl groups is 1. The average Bonchev–Trinajstić information content (AvgIpc) is 2.43. The fourth-order valence-electron chi connectivity index (χ4n) is 2.44. The van der Waals surface area contributed by atoms with Crippen LogP contribution in [0.3, 0.4) is 0 Å². The van der Waals surface area contributed by atoms with Crippen LogP contribution in [0.4, 0.5) is 0 Å². The number of hydrogen-bond acceptors (Lipinski definition) is 3. The van der Waals surface area contributed by atoms with Gasteiger partial charge in [0.05, 0.1) is 22.8 Å². The predicted molar refractivity (Wildman–Crippen MR) is 78.2 cm³/mol. The van der Waals surface area contributed by atoms with Gasteiger partial charge < -0.3 is 15.2 Å². The number of halogens is 2. The highest BCUT2D eigenvalue weighted by Crippen LogP contribution is 2.37. The zero-order chi connectivity index (χ0) is 13.8. The highest BCUT2D eigenvalue weighted by molar-refractivity contribution is 6.34. The van der Waals surface area contributed by atoms with Crippen molar-refractivity contribution in [3.8, 4) is 5.75 Å². The normalized spacial score (nSPS) is 21.2. The van der Waals surface area contributed by atoms with Crippen molar-refractivity contribution in [2.75, 3.05) is 19.7 Å². The molecule has 2 rings (SSSR count). The number of rotatable bonds is 4. The third kappa shape index (κ3) is 3.54. The maximum Gasteiger partial charge on any atom is 0.139 e. The van der Waals surface area contributed by atoms with Gasteiger partial charge in [-0.2, -0.15) is 0 Å². The Balaban J connectivity index is 2.21. The van der Waals surface area contributed by atoms with Gasteiger partial charge in [0.2, 0.25) is 0 Å². The van der Waals surface area contributed by atoms with Gasteiger partial charge in [-0.05, 0) is 32.4 Å². The Morgan fingerprint density at radius 2 is 2.21 bits per heavy atom. The van der Waals surface area contributed by atoms with Crippen LogP contribution in [-0.2, 0) is 0 Å². The van der Waals surface area contributed by atoms with E-state index in [9.17, 15) is 5.11 Å². The van der Waals surface area contributed by atoms with Gasteiger partial charge in [0, 0.05) is 24.1 Å². The van der Waals surface area contributed by atoms with Gasteiger partial charge in [-0.25, -0.2) is 0 Å². The first-order valence-corrected chi connectivity index (χ1v) is 7.39. The van der Waals surface area contributed by atoms with E-state index in [1.54, 1.807) is 12.1 Å². The lowest BCUT2D eigenvalue weighted by molar-refractivity contribution is 0.0922. The second-order valence-corrected chi connectivity index (χ2v) is 5.60. The molecule has 1 fully saturated rings. The summed E-state index contributed by atoms with van der Waals surface area (Å²) in [6.07, 6.45) is 1.48. The summed E-state index contributed by atoms with van der Waals surface area (Å²) in [7, 11) is 0. The van der Waals surface area contributed by atoms with E-state index in [0.717, 1.165) is 25.9 Å². The molecule has 3 nitrogen and oxygen atoms in total. The van der Waals surface area contributed by atoms with Crippen molar-refractivity contribution in [1.29, 1.82) is 0 Å². The SMILES string of the molecule is CCOc1cc(Cl)c(C(O)C2CCCNC2)cc1Cl. The van der Waals surface area contributed by atoms with Crippen LogP contribution in [0.5, 0.6) is 5.75 Å². The first-order chi connectivity index (χ1) is 9.13. The molecule has 1 aromatic rings. The van der Waals surface area contributed by atoms with Crippen LogP contribution in [0.25, 0.3) is 0 Å². The molecule has 0 aliphatic carbocycles. The Bertz CT molecular complexity index is 434. The molecule has 2 N–H and O–H groups in total. The second-order valence-electron chi connectivity index (χ2n) is 4.79. The van der Waals surface area contributed by atoms with Gasteiger partial charge in [-0.1, -0.05) is 23.2 Å². The van der Waals surface area contributed by atoms with E-state index < -0.39 is 6.10 Å². The molecule has 106 valence electrons. The second kappa shape index (κ2) is 6.80. The van der Waals surface area contributed by atoms with Crippen molar-refractivity contribution in [3.05, 3.63) is 27.7 Å². The molecule has 1 saturated heterocycles. The molecular weight excluding hydrogens is 285 g/mol. The van der Waals surface area contributed by atoms with Crippen molar-refractivity contribution in [2.45, 2.75) is 25.9 Å². The molecule has 2 unspecified atom stereocenters. The van der Waals surface area contributed by atoms with Crippen LogP contribution in [0.2, 0.25) is 10.0 Å². The van der Waals surface area contributed by atoms with Crippen molar-refractivity contribution in [1.82, 2.24) is 5.32 Å². The van der Waals surface area contributed by atoms with Crippen molar-refractivity contribution < 1.29 is 9.84 Å². The van der Waals surface area contributed by atoms with Gasteiger partial charge in [0.15, 0.2) is 0 Å². The van der Waals surface area contributed by atoms with E-state index >= 15 is 0 Å². The molecule has 0 radical (unpaired) electrons. The van der Waals surface area contributed by atoms with Crippen molar-refractivity contribution in [3.63, 3.8) is 0 Å². The molecule has 0 saturated carbocycles. The number of aliphatic hydroxyl groups excluding tert-OH is 1. The average molecular weight is 304 g/mol. The van der Waals surface area contributed by atoms with E-state index in [4.69, 9.17) is 27.9 Å². The minimum atomic E-state index is -0.589. The molecule has 1 heterocycles. The van der Waals surface area contributed by atoms with Gasteiger partial charge >= 0.3 is 0 Å². The standard InChI is InChI=1S/C14H19Cl2NO2/c1-2-19-13-7-11(15)10(6-12(13)16)14(18)9-4-3-5-17-8-9/h6-7,9,14,17-18H,2-5,8H2,1H3. The Hall–Kier alpha value is -0.480. The molecule has 5 heteroatoms. The fraction of sp³-hybridized carbons (Fsp3) is 0.571. The van der Waals surface area contributed by atoms with E-state index in [2.05, 4.69) is 5.32 Å².